The van der Waals surface area contributed by atoms with E-state index in [1.807, 2.05) is 6.92 Å². The van der Waals surface area contributed by atoms with Gasteiger partial charge in [-0.2, -0.15) is 0 Å². The van der Waals surface area contributed by atoms with Crippen LogP contribution in [0.2, 0.25) is 0 Å². The van der Waals surface area contributed by atoms with Crippen molar-refractivity contribution >= 4 is 11.6 Å². The molecule has 0 heterocycles. The Labute approximate surface area is 111 Å². The average Bonchev–Trinajstić information content (AvgIpc) is 2.42. The molecule has 0 atom stereocenters. The van der Waals surface area contributed by atoms with Gasteiger partial charge in [-0.15, -0.1) is 0 Å². The van der Waals surface area contributed by atoms with Crippen LogP contribution in [0.1, 0.15) is 25.8 Å². The summed E-state index contributed by atoms with van der Waals surface area (Å²) in [6.45, 7) is 3.84. The summed E-state index contributed by atoms with van der Waals surface area (Å²) in [7, 11) is 0. The highest BCUT2D eigenvalue weighted by Gasteiger charge is 2.10. The first kappa shape index (κ1) is 14.9. The number of nitrogens with zero attached hydrogens (tertiary/aromatic N) is 1. The Bertz CT molecular complexity index is 475. The van der Waals surface area contributed by atoms with E-state index in [0.717, 1.165) is 12.5 Å². The van der Waals surface area contributed by atoms with Crippen molar-refractivity contribution in [1.82, 2.24) is 5.32 Å². The monoisotopic (exact) mass is 268 g/mol. The fourth-order valence-corrected chi connectivity index (χ4v) is 1.43. The van der Waals surface area contributed by atoms with Crippen molar-refractivity contribution in [1.29, 1.82) is 0 Å². The summed E-state index contributed by atoms with van der Waals surface area (Å²) < 4.78 is 18.4. The Balaban J connectivity index is 2.76. The Morgan fingerprint density at radius 2 is 2.26 bits per heavy atom. The van der Waals surface area contributed by atoms with Crippen LogP contribution in [0.15, 0.2) is 23.4 Å². The molecule has 1 aromatic rings. The van der Waals surface area contributed by atoms with Gasteiger partial charge in [0.25, 0.3) is 5.91 Å². The Kier molecular flexibility index (Phi) is 5.78. The van der Waals surface area contributed by atoms with Crippen LogP contribution in [-0.4, -0.2) is 30.0 Å². The van der Waals surface area contributed by atoms with Crippen LogP contribution < -0.4 is 10.1 Å². The predicted molar refractivity (Wildman–Crippen MR) is 69.2 cm³/mol. The number of ether oxygens (including phenoxy) is 1. The number of nitrogens with one attached hydrogen (secondary N) is 1. The van der Waals surface area contributed by atoms with Crippen molar-refractivity contribution in [2.45, 2.75) is 20.3 Å². The van der Waals surface area contributed by atoms with Crippen molar-refractivity contribution in [3.05, 3.63) is 29.6 Å². The highest BCUT2D eigenvalue weighted by atomic mass is 19.1. The number of amides is 1. The van der Waals surface area contributed by atoms with Crippen molar-refractivity contribution in [3.63, 3.8) is 0 Å². The number of halogens is 1. The van der Waals surface area contributed by atoms with Crippen LogP contribution in [0.4, 0.5) is 4.39 Å². The summed E-state index contributed by atoms with van der Waals surface area (Å²) >= 11 is 0. The molecular weight excluding hydrogens is 251 g/mol. The molecule has 6 heteroatoms. The van der Waals surface area contributed by atoms with Gasteiger partial charge in [0, 0.05) is 18.2 Å². The van der Waals surface area contributed by atoms with Gasteiger partial charge in [-0.1, -0.05) is 12.1 Å². The fourth-order valence-electron chi connectivity index (χ4n) is 1.43. The number of carbonyl (C=O) groups is 1. The maximum atomic E-state index is 13.2. The minimum Gasteiger partial charge on any atom is -0.483 e. The van der Waals surface area contributed by atoms with Gasteiger partial charge in [-0.3, -0.25) is 4.79 Å². The summed E-state index contributed by atoms with van der Waals surface area (Å²) in [5.74, 6) is -0.601. The van der Waals surface area contributed by atoms with Crippen LogP contribution in [0.25, 0.3) is 0 Å². The van der Waals surface area contributed by atoms with E-state index in [1.165, 1.54) is 12.1 Å². The van der Waals surface area contributed by atoms with Crippen LogP contribution >= 0.6 is 0 Å². The van der Waals surface area contributed by atoms with Crippen molar-refractivity contribution in [3.8, 4) is 5.75 Å². The number of hydrogen-bond acceptors (Lipinski definition) is 4. The largest absolute Gasteiger partial charge is 0.483 e. The molecule has 19 heavy (non-hydrogen) atoms. The van der Waals surface area contributed by atoms with Crippen molar-refractivity contribution < 1.29 is 19.1 Å². The normalized spacial score (nSPS) is 11.2. The molecule has 0 radical (unpaired) electrons. The fraction of sp³-hybridized carbons (Fsp3) is 0.385. The zero-order valence-corrected chi connectivity index (χ0v) is 10.9. The molecule has 0 aromatic heterocycles. The van der Waals surface area contributed by atoms with E-state index in [1.54, 1.807) is 6.92 Å². The topological polar surface area (TPSA) is 70.9 Å². The second-order valence-electron chi connectivity index (χ2n) is 3.96. The van der Waals surface area contributed by atoms with Gasteiger partial charge in [0.15, 0.2) is 6.61 Å². The lowest BCUT2D eigenvalue weighted by atomic mass is 10.1. The number of carbonyl (C=O) groups excluding carboxylic acids is 1. The SMILES string of the molecule is CCCNC(=O)COc1cc(F)ccc1C(C)=NO. The zero-order valence-electron chi connectivity index (χ0n) is 10.9. The van der Waals surface area contributed by atoms with E-state index in [-0.39, 0.29) is 24.0 Å². The average molecular weight is 268 g/mol. The second kappa shape index (κ2) is 7.35. The highest BCUT2D eigenvalue weighted by molar-refractivity contribution is 6.00. The first-order valence-corrected chi connectivity index (χ1v) is 5.96. The van der Waals surface area contributed by atoms with E-state index >= 15 is 0 Å². The molecule has 0 bridgehead atoms. The van der Waals surface area contributed by atoms with Gasteiger partial charge in [-0.05, 0) is 25.5 Å². The van der Waals surface area contributed by atoms with E-state index < -0.39 is 5.82 Å². The molecule has 0 saturated heterocycles. The molecule has 0 fully saturated rings. The summed E-state index contributed by atoms with van der Waals surface area (Å²) in [4.78, 5) is 11.4. The van der Waals surface area contributed by atoms with Crippen molar-refractivity contribution in [2.75, 3.05) is 13.2 Å². The number of rotatable bonds is 6. The molecule has 0 aliphatic heterocycles. The maximum Gasteiger partial charge on any atom is 0.257 e. The van der Waals surface area contributed by atoms with E-state index in [0.29, 0.717) is 12.1 Å². The molecule has 0 aliphatic rings. The third-order valence-corrected chi connectivity index (χ3v) is 2.41. The summed E-state index contributed by atoms with van der Waals surface area (Å²) in [6, 6.07) is 3.81. The minimum atomic E-state index is -0.488. The maximum absolute atomic E-state index is 13.2. The molecule has 1 aromatic carbocycles. The number of hydrogen-bond donors (Lipinski definition) is 2. The van der Waals surface area contributed by atoms with Crippen LogP contribution in [0.5, 0.6) is 5.75 Å². The second-order valence-corrected chi connectivity index (χ2v) is 3.96. The number of benzene rings is 1. The van der Waals surface area contributed by atoms with Gasteiger partial charge in [0.05, 0.1) is 5.71 Å². The lowest BCUT2D eigenvalue weighted by molar-refractivity contribution is -0.123. The molecule has 104 valence electrons. The Hall–Kier alpha value is -2.11. The predicted octanol–water partition coefficient (Wildman–Crippen LogP) is 1.93. The Morgan fingerprint density at radius 1 is 1.53 bits per heavy atom. The third kappa shape index (κ3) is 4.57. The van der Waals surface area contributed by atoms with Crippen LogP contribution in [-0.2, 0) is 4.79 Å². The van der Waals surface area contributed by atoms with Crippen LogP contribution in [0.3, 0.4) is 0 Å². The Morgan fingerprint density at radius 3 is 2.89 bits per heavy atom. The minimum absolute atomic E-state index is 0.168. The molecule has 0 unspecified atom stereocenters. The number of oxime groups is 1. The van der Waals surface area contributed by atoms with Gasteiger partial charge < -0.3 is 15.3 Å². The third-order valence-electron chi connectivity index (χ3n) is 2.41. The smallest absolute Gasteiger partial charge is 0.257 e. The lowest BCUT2D eigenvalue weighted by Crippen LogP contribution is -2.29. The van der Waals surface area contributed by atoms with E-state index in [2.05, 4.69) is 10.5 Å². The molecular formula is C13H17FN2O3. The standard InChI is InChI=1S/C13H17FN2O3/c1-3-6-15-13(17)8-19-12-7-10(14)4-5-11(12)9(2)16-18/h4-5,7,18H,3,6,8H2,1-2H3,(H,15,17). The molecule has 0 saturated carbocycles. The first-order valence-electron chi connectivity index (χ1n) is 5.96. The summed E-state index contributed by atoms with van der Waals surface area (Å²) in [6.07, 6.45) is 0.827. The van der Waals surface area contributed by atoms with E-state index in [9.17, 15) is 9.18 Å². The summed E-state index contributed by atoms with van der Waals surface area (Å²) in [5.41, 5.74) is 0.719. The molecule has 1 amide bonds. The molecule has 0 aliphatic carbocycles. The van der Waals surface area contributed by atoms with Gasteiger partial charge in [0.2, 0.25) is 0 Å². The summed E-state index contributed by atoms with van der Waals surface area (Å²) in [5, 5.41) is 14.4. The molecule has 5 nitrogen and oxygen atoms in total. The quantitative estimate of drug-likeness (QED) is 0.470. The zero-order chi connectivity index (χ0) is 14.3. The highest BCUT2D eigenvalue weighted by Crippen LogP contribution is 2.20. The van der Waals surface area contributed by atoms with Gasteiger partial charge in [0.1, 0.15) is 11.6 Å². The first-order chi connectivity index (χ1) is 9.08. The van der Waals surface area contributed by atoms with Gasteiger partial charge in [-0.25, -0.2) is 4.39 Å². The van der Waals surface area contributed by atoms with E-state index in [4.69, 9.17) is 9.94 Å². The molecule has 1 rings (SSSR count). The lowest BCUT2D eigenvalue weighted by Gasteiger charge is -2.11. The van der Waals surface area contributed by atoms with Crippen molar-refractivity contribution in [2.24, 2.45) is 5.16 Å². The molecule has 2 N–H and O–H groups in total. The van der Waals surface area contributed by atoms with Crippen LogP contribution in [0, 0.1) is 5.82 Å². The molecule has 0 spiro atoms. The van der Waals surface area contributed by atoms with Gasteiger partial charge >= 0.3 is 0 Å².